The third-order valence-corrected chi connectivity index (χ3v) is 7.21. The number of hydrogen-bond donors (Lipinski definition) is 1. The molecule has 5 rings (SSSR count). The van der Waals surface area contributed by atoms with E-state index in [1.54, 1.807) is 24.4 Å². The molecule has 1 amide bonds. The van der Waals surface area contributed by atoms with Crippen LogP contribution in [0.4, 0.5) is 5.82 Å². The fraction of sp³-hybridized carbons (Fsp3) is 0.269. The summed E-state index contributed by atoms with van der Waals surface area (Å²) in [6.45, 7) is 1.91. The Morgan fingerprint density at radius 3 is 2.63 bits per heavy atom. The van der Waals surface area contributed by atoms with E-state index in [9.17, 15) is 13.2 Å². The molecule has 1 N–H and O–H groups in total. The van der Waals surface area contributed by atoms with Crippen molar-refractivity contribution in [1.82, 2.24) is 14.8 Å². The Balaban J connectivity index is 1.32. The Morgan fingerprint density at radius 2 is 1.91 bits per heavy atom. The number of carbonyl (C=O) groups is 1. The van der Waals surface area contributed by atoms with Crippen LogP contribution in [0.1, 0.15) is 35.6 Å². The first-order valence-corrected chi connectivity index (χ1v) is 13.3. The number of aryl methyl sites for hydroxylation is 2. The van der Waals surface area contributed by atoms with E-state index in [0.29, 0.717) is 34.1 Å². The van der Waals surface area contributed by atoms with Crippen molar-refractivity contribution in [2.24, 2.45) is 7.05 Å². The molecule has 0 unspecified atom stereocenters. The minimum Gasteiger partial charge on any atom is -0.456 e. The number of nitrogens with one attached hydrogen (secondary N) is 1. The first-order valence-electron chi connectivity index (χ1n) is 11.4. The first-order chi connectivity index (χ1) is 16.7. The van der Waals surface area contributed by atoms with Crippen LogP contribution in [0, 0.1) is 6.92 Å². The zero-order valence-corrected chi connectivity index (χ0v) is 20.6. The van der Waals surface area contributed by atoms with Crippen molar-refractivity contribution in [3.63, 3.8) is 0 Å². The standard InChI is InChI=1S/C26H26N4O4S/c1-16-12-17(13-26(31)28-25-15-22(18-5-6-18)30(2)29-25)4-9-23(16)34-24-10-11-27-21-8-7-19(14-20(21)24)35(3,32)33/h4,7-12,14-15,18H,5-6,13H2,1-3H3,(H,28,29,31). The summed E-state index contributed by atoms with van der Waals surface area (Å²) in [5, 5.41) is 7.90. The average molecular weight is 491 g/mol. The second-order valence-corrected chi connectivity index (χ2v) is 11.1. The molecular formula is C26H26N4O4S. The van der Waals surface area contributed by atoms with Gasteiger partial charge in [0, 0.05) is 42.6 Å². The third-order valence-electron chi connectivity index (χ3n) is 6.10. The molecule has 8 nitrogen and oxygen atoms in total. The maximum Gasteiger partial charge on any atom is 0.229 e. The minimum atomic E-state index is -3.36. The van der Waals surface area contributed by atoms with Gasteiger partial charge in [0.15, 0.2) is 15.7 Å². The van der Waals surface area contributed by atoms with Crippen molar-refractivity contribution in [3.8, 4) is 11.5 Å². The highest BCUT2D eigenvalue weighted by Gasteiger charge is 2.27. The first kappa shape index (κ1) is 23.0. The zero-order chi connectivity index (χ0) is 24.7. The van der Waals surface area contributed by atoms with E-state index in [1.807, 2.05) is 42.9 Å². The number of sulfone groups is 1. The van der Waals surface area contributed by atoms with Crippen LogP contribution in [0.3, 0.4) is 0 Å². The van der Waals surface area contributed by atoms with E-state index < -0.39 is 9.84 Å². The van der Waals surface area contributed by atoms with Crippen LogP contribution in [-0.2, 0) is 28.1 Å². The quantitative estimate of drug-likeness (QED) is 0.408. The highest BCUT2D eigenvalue weighted by atomic mass is 32.2. The van der Waals surface area contributed by atoms with Gasteiger partial charge in [0.1, 0.15) is 11.5 Å². The number of anilines is 1. The van der Waals surface area contributed by atoms with Crippen LogP contribution in [0.5, 0.6) is 11.5 Å². The van der Waals surface area contributed by atoms with Crippen LogP contribution in [0.2, 0.25) is 0 Å². The topological polar surface area (TPSA) is 103 Å². The van der Waals surface area contributed by atoms with Gasteiger partial charge in [-0.2, -0.15) is 5.10 Å². The van der Waals surface area contributed by atoms with Crippen molar-refractivity contribution >= 4 is 32.5 Å². The number of hydrogen-bond acceptors (Lipinski definition) is 6. The summed E-state index contributed by atoms with van der Waals surface area (Å²) in [5.74, 6) is 2.13. The van der Waals surface area contributed by atoms with Gasteiger partial charge in [0.25, 0.3) is 0 Å². The molecule has 0 spiro atoms. The fourth-order valence-electron chi connectivity index (χ4n) is 4.15. The Morgan fingerprint density at radius 1 is 1.11 bits per heavy atom. The van der Waals surface area contributed by atoms with Crippen LogP contribution in [0.15, 0.2) is 59.6 Å². The zero-order valence-electron chi connectivity index (χ0n) is 19.8. The van der Waals surface area contributed by atoms with Gasteiger partial charge in [-0.1, -0.05) is 12.1 Å². The van der Waals surface area contributed by atoms with E-state index in [-0.39, 0.29) is 17.2 Å². The Bertz CT molecular complexity index is 1560. The van der Waals surface area contributed by atoms with E-state index in [0.717, 1.165) is 16.8 Å². The van der Waals surface area contributed by atoms with E-state index in [4.69, 9.17) is 4.74 Å². The SMILES string of the molecule is Cc1cc(CC(=O)Nc2cc(C3CC3)n(C)n2)ccc1Oc1ccnc2ccc(S(C)(=O)=O)cc12. The molecule has 35 heavy (non-hydrogen) atoms. The lowest BCUT2D eigenvalue weighted by atomic mass is 10.1. The van der Waals surface area contributed by atoms with Gasteiger partial charge in [0.2, 0.25) is 5.91 Å². The molecule has 0 radical (unpaired) electrons. The van der Waals surface area contributed by atoms with Gasteiger partial charge in [-0.3, -0.25) is 14.5 Å². The Kier molecular flexibility index (Phi) is 5.80. The van der Waals surface area contributed by atoms with Crippen molar-refractivity contribution in [2.45, 2.75) is 37.0 Å². The minimum absolute atomic E-state index is 0.132. The van der Waals surface area contributed by atoms with E-state index >= 15 is 0 Å². The lowest BCUT2D eigenvalue weighted by Crippen LogP contribution is -2.15. The Labute approximate surface area is 203 Å². The van der Waals surface area contributed by atoms with Crippen LogP contribution in [0.25, 0.3) is 10.9 Å². The van der Waals surface area contributed by atoms with Gasteiger partial charge >= 0.3 is 0 Å². The molecule has 4 aromatic rings. The number of pyridine rings is 1. The molecule has 1 saturated carbocycles. The fourth-order valence-corrected chi connectivity index (χ4v) is 4.80. The predicted octanol–water partition coefficient (Wildman–Crippen LogP) is 4.53. The molecule has 180 valence electrons. The maximum absolute atomic E-state index is 12.6. The highest BCUT2D eigenvalue weighted by molar-refractivity contribution is 7.90. The second kappa shape index (κ2) is 8.81. The normalized spacial score (nSPS) is 13.7. The predicted molar refractivity (Wildman–Crippen MR) is 134 cm³/mol. The Hall–Kier alpha value is -3.72. The van der Waals surface area contributed by atoms with Crippen molar-refractivity contribution in [1.29, 1.82) is 0 Å². The number of fused-ring (bicyclic) bond motifs is 1. The van der Waals surface area contributed by atoms with Crippen molar-refractivity contribution < 1.29 is 17.9 Å². The average Bonchev–Trinajstić information content (AvgIpc) is 3.57. The second-order valence-electron chi connectivity index (χ2n) is 9.04. The number of aromatic nitrogens is 3. The summed E-state index contributed by atoms with van der Waals surface area (Å²) < 4.78 is 32.0. The lowest BCUT2D eigenvalue weighted by molar-refractivity contribution is -0.115. The monoisotopic (exact) mass is 490 g/mol. The number of ether oxygens (including phenoxy) is 1. The molecule has 0 bridgehead atoms. The maximum atomic E-state index is 12.6. The van der Waals surface area contributed by atoms with Crippen LogP contribution >= 0.6 is 0 Å². The molecule has 2 aromatic carbocycles. The number of amides is 1. The summed E-state index contributed by atoms with van der Waals surface area (Å²) >= 11 is 0. The van der Waals surface area contributed by atoms with Crippen molar-refractivity contribution in [2.75, 3.05) is 11.6 Å². The van der Waals surface area contributed by atoms with E-state index in [2.05, 4.69) is 15.4 Å². The molecule has 0 aliphatic heterocycles. The summed E-state index contributed by atoms with van der Waals surface area (Å²) in [5.41, 5.74) is 3.50. The third kappa shape index (κ3) is 5.05. The lowest BCUT2D eigenvalue weighted by Gasteiger charge is -2.13. The number of rotatable bonds is 7. The number of nitrogens with zero attached hydrogens (tertiary/aromatic N) is 3. The summed E-state index contributed by atoms with van der Waals surface area (Å²) in [4.78, 5) is 17.1. The van der Waals surface area contributed by atoms with Gasteiger partial charge in [-0.05, 0) is 61.2 Å². The van der Waals surface area contributed by atoms with Crippen LogP contribution < -0.4 is 10.1 Å². The molecule has 1 aliphatic carbocycles. The molecular weight excluding hydrogens is 464 g/mol. The summed E-state index contributed by atoms with van der Waals surface area (Å²) in [7, 11) is -1.46. The number of benzene rings is 2. The largest absolute Gasteiger partial charge is 0.456 e. The smallest absolute Gasteiger partial charge is 0.229 e. The number of carbonyl (C=O) groups excluding carboxylic acids is 1. The highest BCUT2D eigenvalue weighted by Crippen LogP contribution is 2.40. The van der Waals surface area contributed by atoms with Gasteiger partial charge < -0.3 is 10.1 Å². The molecule has 2 heterocycles. The molecule has 0 saturated heterocycles. The van der Waals surface area contributed by atoms with Gasteiger partial charge in [-0.15, -0.1) is 0 Å². The molecule has 2 aromatic heterocycles. The van der Waals surface area contributed by atoms with Gasteiger partial charge in [-0.25, -0.2) is 8.42 Å². The molecule has 1 fully saturated rings. The van der Waals surface area contributed by atoms with Gasteiger partial charge in [0.05, 0.1) is 16.8 Å². The molecule has 1 aliphatic rings. The molecule has 0 atom stereocenters. The summed E-state index contributed by atoms with van der Waals surface area (Å²) in [6.07, 6.45) is 5.36. The van der Waals surface area contributed by atoms with Crippen molar-refractivity contribution in [3.05, 3.63) is 71.5 Å². The van der Waals surface area contributed by atoms with E-state index in [1.165, 1.54) is 25.2 Å². The summed E-state index contributed by atoms with van der Waals surface area (Å²) in [6, 6.07) is 14.0. The van der Waals surface area contributed by atoms with Crippen LogP contribution in [-0.4, -0.2) is 35.3 Å². The molecule has 9 heteroatoms.